The monoisotopic (exact) mass is 271 g/mol. The number of nitrogen functional groups attached to an aromatic ring is 1. The van der Waals surface area contributed by atoms with E-state index in [-0.39, 0.29) is 11.8 Å². The van der Waals surface area contributed by atoms with Gasteiger partial charge in [-0.05, 0) is 5.92 Å². The van der Waals surface area contributed by atoms with Gasteiger partial charge in [-0.3, -0.25) is 4.79 Å². The van der Waals surface area contributed by atoms with Crippen LogP contribution in [-0.2, 0) is 4.79 Å². The zero-order valence-corrected chi connectivity index (χ0v) is 12.1. The predicted octanol–water partition coefficient (Wildman–Crippen LogP) is 0.980. The minimum absolute atomic E-state index is 0.0113. The molecule has 0 atom stereocenters. The Morgan fingerprint density at radius 2 is 2.06 bits per heavy atom. The number of hydrogen-bond acceptors (Lipinski definition) is 5. The van der Waals surface area contributed by atoms with Crippen molar-refractivity contribution < 1.29 is 4.79 Å². The minimum Gasteiger partial charge on any atom is -0.355 e. The highest BCUT2D eigenvalue weighted by Gasteiger charge is 2.14. The Kier molecular flexibility index (Phi) is 5.46. The van der Waals surface area contributed by atoms with Gasteiger partial charge in [0.05, 0.1) is 5.75 Å². The van der Waals surface area contributed by atoms with Crippen molar-refractivity contribution in [3.05, 3.63) is 5.82 Å². The van der Waals surface area contributed by atoms with Gasteiger partial charge in [-0.2, -0.15) is 0 Å². The van der Waals surface area contributed by atoms with Crippen molar-refractivity contribution in [3.8, 4) is 0 Å². The fourth-order valence-corrected chi connectivity index (χ4v) is 1.97. The van der Waals surface area contributed by atoms with E-state index in [0.717, 1.165) is 5.82 Å². The van der Waals surface area contributed by atoms with E-state index in [1.54, 1.807) is 0 Å². The van der Waals surface area contributed by atoms with Crippen LogP contribution in [-0.4, -0.2) is 33.1 Å². The molecular formula is C11H21N5OS. The molecule has 3 N–H and O–H groups in total. The number of aromatic nitrogens is 3. The van der Waals surface area contributed by atoms with E-state index in [2.05, 4.69) is 29.4 Å². The molecule has 0 fully saturated rings. The van der Waals surface area contributed by atoms with Crippen LogP contribution in [0.4, 0.5) is 0 Å². The third-order valence-electron chi connectivity index (χ3n) is 2.25. The average Bonchev–Trinajstić information content (AvgIpc) is 2.65. The SMILES string of the molecule is CC(C)CNC(=O)CSc1nnc(C(C)C)n1N. The Morgan fingerprint density at radius 1 is 1.39 bits per heavy atom. The average molecular weight is 271 g/mol. The lowest BCUT2D eigenvalue weighted by Gasteiger charge is -2.07. The Labute approximate surface area is 112 Å². The molecule has 0 saturated heterocycles. The summed E-state index contributed by atoms with van der Waals surface area (Å²) < 4.78 is 1.45. The van der Waals surface area contributed by atoms with Crippen molar-refractivity contribution in [1.82, 2.24) is 20.2 Å². The van der Waals surface area contributed by atoms with Gasteiger partial charge in [-0.15, -0.1) is 10.2 Å². The highest BCUT2D eigenvalue weighted by atomic mass is 32.2. The molecule has 0 aliphatic heterocycles. The lowest BCUT2D eigenvalue weighted by atomic mass is 10.2. The van der Waals surface area contributed by atoms with E-state index in [9.17, 15) is 4.79 Å². The smallest absolute Gasteiger partial charge is 0.230 e. The number of nitrogens with zero attached hydrogens (tertiary/aromatic N) is 3. The molecule has 0 unspecified atom stereocenters. The molecule has 0 spiro atoms. The van der Waals surface area contributed by atoms with Crippen LogP contribution in [0.2, 0.25) is 0 Å². The Morgan fingerprint density at radius 3 is 2.56 bits per heavy atom. The molecular weight excluding hydrogens is 250 g/mol. The standard InChI is InChI=1S/C11H21N5OS/c1-7(2)5-13-9(17)6-18-11-15-14-10(8(3)4)16(11)12/h7-8H,5-6,12H2,1-4H3,(H,13,17). The van der Waals surface area contributed by atoms with E-state index in [4.69, 9.17) is 5.84 Å². The summed E-state index contributed by atoms with van der Waals surface area (Å²) in [7, 11) is 0. The number of thioether (sulfide) groups is 1. The number of rotatable bonds is 6. The van der Waals surface area contributed by atoms with Crippen LogP contribution < -0.4 is 11.2 Å². The van der Waals surface area contributed by atoms with Crippen LogP contribution in [0.15, 0.2) is 5.16 Å². The highest BCUT2D eigenvalue weighted by Crippen LogP contribution is 2.18. The first kappa shape index (κ1) is 14.8. The van der Waals surface area contributed by atoms with Crippen molar-refractivity contribution in [2.45, 2.75) is 38.8 Å². The normalized spacial score (nSPS) is 11.2. The molecule has 1 aromatic rings. The van der Waals surface area contributed by atoms with Crippen LogP contribution >= 0.6 is 11.8 Å². The number of amides is 1. The minimum atomic E-state index is -0.0113. The topological polar surface area (TPSA) is 85.8 Å². The molecule has 0 aromatic carbocycles. The molecule has 1 heterocycles. The second-order valence-corrected chi connectivity index (χ2v) is 5.79. The third-order valence-corrected chi connectivity index (χ3v) is 3.19. The Bertz CT molecular complexity index is 402. The largest absolute Gasteiger partial charge is 0.355 e. The van der Waals surface area contributed by atoms with E-state index in [1.165, 1.54) is 16.4 Å². The number of nitrogens with two attached hydrogens (primary N) is 1. The molecule has 0 aliphatic rings. The summed E-state index contributed by atoms with van der Waals surface area (Å²) in [6.07, 6.45) is 0. The molecule has 1 aromatic heterocycles. The molecule has 0 bridgehead atoms. The maximum absolute atomic E-state index is 11.5. The van der Waals surface area contributed by atoms with Gasteiger partial charge >= 0.3 is 0 Å². The highest BCUT2D eigenvalue weighted by molar-refractivity contribution is 7.99. The van der Waals surface area contributed by atoms with E-state index >= 15 is 0 Å². The van der Waals surface area contributed by atoms with Crippen LogP contribution in [0.3, 0.4) is 0 Å². The van der Waals surface area contributed by atoms with Crippen LogP contribution in [0.25, 0.3) is 0 Å². The lowest BCUT2D eigenvalue weighted by Crippen LogP contribution is -2.29. The van der Waals surface area contributed by atoms with Crippen molar-refractivity contribution in [2.24, 2.45) is 5.92 Å². The van der Waals surface area contributed by atoms with Gasteiger partial charge in [-0.1, -0.05) is 39.5 Å². The van der Waals surface area contributed by atoms with Crippen molar-refractivity contribution in [2.75, 3.05) is 18.1 Å². The van der Waals surface area contributed by atoms with Gasteiger partial charge in [0.25, 0.3) is 0 Å². The van der Waals surface area contributed by atoms with E-state index < -0.39 is 0 Å². The first-order valence-electron chi connectivity index (χ1n) is 6.01. The zero-order chi connectivity index (χ0) is 13.7. The summed E-state index contributed by atoms with van der Waals surface area (Å²) in [5.41, 5.74) is 0. The van der Waals surface area contributed by atoms with Crippen molar-refractivity contribution in [3.63, 3.8) is 0 Å². The van der Waals surface area contributed by atoms with Crippen molar-refractivity contribution in [1.29, 1.82) is 0 Å². The first-order valence-corrected chi connectivity index (χ1v) is 7.00. The Hall–Kier alpha value is -1.24. The van der Waals surface area contributed by atoms with Gasteiger partial charge in [0.1, 0.15) is 0 Å². The van der Waals surface area contributed by atoms with E-state index in [1.807, 2.05) is 13.8 Å². The molecule has 0 radical (unpaired) electrons. The van der Waals surface area contributed by atoms with Crippen LogP contribution in [0.1, 0.15) is 39.4 Å². The maximum Gasteiger partial charge on any atom is 0.230 e. The summed E-state index contributed by atoms with van der Waals surface area (Å²) in [4.78, 5) is 11.5. The van der Waals surface area contributed by atoms with E-state index in [0.29, 0.717) is 23.4 Å². The summed E-state index contributed by atoms with van der Waals surface area (Å²) in [5.74, 6) is 7.53. The lowest BCUT2D eigenvalue weighted by molar-refractivity contribution is -0.118. The predicted molar refractivity (Wildman–Crippen MR) is 72.8 cm³/mol. The number of nitrogens with one attached hydrogen (secondary N) is 1. The molecule has 18 heavy (non-hydrogen) atoms. The second kappa shape index (κ2) is 6.63. The summed E-state index contributed by atoms with van der Waals surface area (Å²) >= 11 is 1.30. The molecule has 1 rings (SSSR count). The molecule has 7 heteroatoms. The fourth-order valence-electron chi connectivity index (χ4n) is 1.28. The number of hydrogen-bond donors (Lipinski definition) is 2. The first-order chi connectivity index (χ1) is 8.41. The second-order valence-electron chi connectivity index (χ2n) is 4.85. The van der Waals surface area contributed by atoms with Gasteiger partial charge < -0.3 is 11.2 Å². The fraction of sp³-hybridized carbons (Fsp3) is 0.727. The summed E-state index contributed by atoms with van der Waals surface area (Å²) in [6, 6.07) is 0. The van der Waals surface area contributed by atoms with Gasteiger partial charge in [0.15, 0.2) is 5.82 Å². The number of carbonyl (C=O) groups excluding carboxylic acids is 1. The quantitative estimate of drug-likeness (QED) is 0.595. The van der Waals surface area contributed by atoms with Gasteiger partial charge in [0.2, 0.25) is 11.1 Å². The van der Waals surface area contributed by atoms with Gasteiger partial charge in [0, 0.05) is 12.5 Å². The van der Waals surface area contributed by atoms with Crippen LogP contribution in [0.5, 0.6) is 0 Å². The van der Waals surface area contributed by atoms with Gasteiger partial charge in [-0.25, -0.2) is 4.68 Å². The Balaban J connectivity index is 2.46. The summed E-state index contributed by atoms with van der Waals surface area (Å²) in [6.45, 7) is 8.79. The summed E-state index contributed by atoms with van der Waals surface area (Å²) in [5, 5.41) is 11.4. The molecule has 6 nitrogen and oxygen atoms in total. The van der Waals surface area contributed by atoms with Crippen LogP contribution in [0, 0.1) is 5.92 Å². The number of carbonyl (C=O) groups is 1. The molecule has 1 amide bonds. The van der Waals surface area contributed by atoms with Crippen molar-refractivity contribution >= 4 is 17.7 Å². The zero-order valence-electron chi connectivity index (χ0n) is 11.3. The molecule has 102 valence electrons. The molecule has 0 aliphatic carbocycles. The molecule has 0 saturated carbocycles. The maximum atomic E-state index is 11.5. The third kappa shape index (κ3) is 4.21.